The fraction of sp³-hybridized carbons (Fsp3) is 0.938. The summed E-state index contributed by atoms with van der Waals surface area (Å²) in [5.74, 6) is -0.419. The maximum absolute atomic E-state index is 11.7. The number of ether oxygens (including phenoxy) is 3. The zero-order valence-electron chi connectivity index (χ0n) is 13.9. The van der Waals surface area contributed by atoms with Crippen LogP contribution in [0.25, 0.3) is 0 Å². The minimum Gasteiger partial charge on any atom is -0.438 e. The lowest BCUT2D eigenvalue weighted by atomic mass is 9.89. The van der Waals surface area contributed by atoms with Gasteiger partial charge < -0.3 is 19.3 Å². The van der Waals surface area contributed by atoms with Crippen molar-refractivity contribution in [1.29, 1.82) is 0 Å². The van der Waals surface area contributed by atoms with Crippen molar-refractivity contribution in [3.05, 3.63) is 0 Å². The Hall–Kier alpha value is -0.650. The summed E-state index contributed by atoms with van der Waals surface area (Å²) in [6.45, 7) is 9.71. The number of aliphatic hydroxyl groups is 1. The standard InChI is InChI=1S/C16H30O5/c1-6-11-8-12(14(7-2)21-11)13(17)9-15(18)19-10-20-16(3,4)5/h11-14,17H,6-10H2,1-5H3. The van der Waals surface area contributed by atoms with Crippen molar-refractivity contribution in [2.75, 3.05) is 6.79 Å². The largest absolute Gasteiger partial charge is 0.438 e. The van der Waals surface area contributed by atoms with Gasteiger partial charge in [-0.3, -0.25) is 4.79 Å². The molecule has 1 rings (SSSR count). The molecule has 0 amide bonds. The Kier molecular flexibility index (Phi) is 7.10. The molecule has 1 aliphatic rings. The molecule has 1 saturated heterocycles. The first-order chi connectivity index (χ1) is 9.76. The van der Waals surface area contributed by atoms with Gasteiger partial charge in [0.05, 0.1) is 30.3 Å². The Morgan fingerprint density at radius 3 is 2.52 bits per heavy atom. The molecular formula is C16H30O5. The Bertz CT molecular complexity index is 323. The molecule has 0 aromatic carbocycles. The zero-order valence-corrected chi connectivity index (χ0v) is 13.9. The summed E-state index contributed by atoms with van der Waals surface area (Å²) in [6, 6.07) is 0. The average molecular weight is 302 g/mol. The molecule has 0 bridgehead atoms. The van der Waals surface area contributed by atoms with E-state index in [0.717, 1.165) is 19.3 Å². The second-order valence-corrected chi connectivity index (χ2v) is 6.67. The van der Waals surface area contributed by atoms with E-state index in [1.54, 1.807) is 0 Å². The number of rotatable bonds is 7. The highest BCUT2D eigenvalue weighted by molar-refractivity contribution is 5.69. The lowest BCUT2D eigenvalue weighted by molar-refractivity contribution is -0.169. The number of esters is 1. The van der Waals surface area contributed by atoms with E-state index in [1.807, 2.05) is 27.7 Å². The highest BCUT2D eigenvalue weighted by Crippen LogP contribution is 2.33. The predicted octanol–water partition coefficient (Wildman–Crippen LogP) is 2.65. The minimum absolute atomic E-state index is 0.00549. The van der Waals surface area contributed by atoms with Gasteiger partial charge in [-0.15, -0.1) is 0 Å². The zero-order chi connectivity index (χ0) is 16.0. The second-order valence-electron chi connectivity index (χ2n) is 6.67. The van der Waals surface area contributed by atoms with Crippen LogP contribution in [-0.4, -0.2) is 41.8 Å². The molecule has 1 N–H and O–H groups in total. The molecule has 0 radical (unpaired) electrons. The van der Waals surface area contributed by atoms with Gasteiger partial charge in [0.1, 0.15) is 0 Å². The fourth-order valence-corrected chi connectivity index (χ4v) is 2.58. The van der Waals surface area contributed by atoms with E-state index in [2.05, 4.69) is 6.92 Å². The van der Waals surface area contributed by atoms with Crippen LogP contribution in [0.3, 0.4) is 0 Å². The first-order valence-corrected chi connectivity index (χ1v) is 7.90. The molecule has 21 heavy (non-hydrogen) atoms. The number of hydrogen-bond acceptors (Lipinski definition) is 5. The molecule has 5 heteroatoms. The number of hydrogen-bond donors (Lipinski definition) is 1. The Labute approximate surface area is 128 Å². The molecule has 1 fully saturated rings. The maximum Gasteiger partial charge on any atom is 0.310 e. The monoisotopic (exact) mass is 302 g/mol. The highest BCUT2D eigenvalue weighted by Gasteiger charge is 2.38. The van der Waals surface area contributed by atoms with Crippen molar-refractivity contribution in [2.45, 2.75) is 84.2 Å². The molecule has 5 nitrogen and oxygen atoms in total. The number of carbonyl (C=O) groups excluding carboxylic acids is 1. The molecule has 0 aromatic rings. The van der Waals surface area contributed by atoms with Crippen molar-refractivity contribution < 1.29 is 24.1 Å². The van der Waals surface area contributed by atoms with Crippen LogP contribution in [0, 0.1) is 5.92 Å². The third kappa shape index (κ3) is 6.32. The van der Waals surface area contributed by atoms with Crippen molar-refractivity contribution in [2.24, 2.45) is 5.92 Å². The number of aliphatic hydroxyl groups excluding tert-OH is 1. The summed E-state index contributed by atoms with van der Waals surface area (Å²) in [6.07, 6.45) is 2.09. The molecule has 1 aliphatic heterocycles. The van der Waals surface area contributed by atoms with E-state index in [4.69, 9.17) is 14.2 Å². The van der Waals surface area contributed by atoms with Gasteiger partial charge >= 0.3 is 5.97 Å². The summed E-state index contributed by atoms with van der Waals surface area (Å²) in [5, 5.41) is 10.3. The van der Waals surface area contributed by atoms with Gasteiger partial charge in [-0.1, -0.05) is 13.8 Å². The fourth-order valence-electron chi connectivity index (χ4n) is 2.58. The predicted molar refractivity (Wildman–Crippen MR) is 79.8 cm³/mol. The van der Waals surface area contributed by atoms with Crippen molar-refractivity contribution in [1.82, 2.24) is 0 Å². The van der Waals surface area contributed by atoms with Crippen molar-refractivity contribution in [3.63, 3.8) is 0 Å². The molecule has 0 aliphatic carbocycles. The summed E-state index contributed by atoms with van der Waals surface area (Å²) < 4.78 is 16.2. The quantitative estimate of drug-likeness (QED) is 0.578. The van der Waals surface area contributed by atoms with Crippen LogP contribution in [0.1, 0.15) is 60.3 Å². The summed E-state index contributed by atoms with van der Waals surface area (Å²) in [7, 11) is 0. The summed E-state index contributed by atoms with van der Waals surface area (Å²) in [5.41, 5.74) is -0.347. The summed E-state index contributed by atoms with van der Waals surface area (Å²) >= 11 is 0. The maximum atomic E-state index is 11.7. The molecule has 0 spiro atoms. The van der Waals surface area contributed by atoms with E-state index in [9.17, 15) is 9.90 Å². The summed E-state index contributed by atoms with van der Waals surface area (Å²) in [4.78, 5) is 11.7. The third-order valence-electron chi connectivity index (χ3n) is 3.82. The Balaban J connectivity index is 2.38. The van der Waals surface area contributed by atoms with Gasteiger partial charge in [-0.2, -0.15) is 0 Å². The van der Waals surface area contributed by atoms with Crippen LogP contribution in [0.5, 0.6) is 0 Å². The van der Waals surface area contributed by atoms with Crippen molar-refractivity contribution in [3.8, 4) is 0 Å². The van der Waals surface area contributed by atoms with Crippen LogP contribution >= 0.6 is 0 Å². The first kappa shape index (κ1) is 18.4. The van der Waals surface area contributed by atoms with E-state index < -0.39 is 12.1 Å². The SMILES string of the molecule is CCC1CC(C(O)CC(=O)OCOC(C)(C)C)C(CC)O1. The smallest absolute Gasteiger partial charge is 0.310 e. The van der Waals surface area contributed by atoms with E-state index in [1.165, 1.54) is 0 Å². The van der Waals surface area contributed by atoms with Gasteiger partial charge in [0.2, 0.25) is 0 Å². The molecular weight excluding hydrogens is 272 g/mol. The van der Waals surface area contributed by atoms with Crippen LogP contribution in [0.15, 0.2) is 0 Å². The highest BCUT2D eigenvalue weighted by atomic mass is 16.7. The lowest BCUT2D eigenvalue weighted by Gasteiger charge is -2.22. The van der Waals surface area contributed by atoms with Gasteiger partial charge in [0, 0.05) is 5.92 Å². The molecule has 0 aromatic heterocycles. The van der Waals surface area contributed by atoms with E-state index in [0.29, 0.717) is 0 Å². The van der Waals surface area contributed by atoms with E-state index in [-0.39, 0.29) is 36.9 Å². The molecule has 4 unspecified atom stereocenters. The van der Waals surface area contributed by atoms with Gasteiger partial charge in [0.25, 0.3) is 0 Å². The lowest BCUT2D eigenvalue weighted by Crippen LogP contribution is -2.31. The van der Waals surface area contributed by atoms with Crippen LogP contribution in [0.2, 0.25) is 0 Å². The average Bonchev–Trinajstić information content (AvgIpc) is 2.80. The molecule has 124 valence electrons. The molecule has 1 heterocycles. The number of carbonyl (C=O) groups is 1. The van der Waals surface area contributed by atoms with Gasteiger partial charge in [-0.05, 0) is 40.0 Å². The normalized spacial score (nSPS) is 27.6. The van der Waals surface area contributed by atoms with E-state index >= 15 is 0 Å². The Morgan fingerprint density at radius 2 is 2.00 bits per heavy atom. The third-order valence-corrected chi connectivity index (χ3v) is 3.82. The Morgan fingerprint density at radius 1 is 1.33 bits per heavy atom. The molecule has 4 atom stereocenters. The van der Waals surface area contributed by atoms with Crippen LogP contribution in [-0.2, 0) is 19.0 Å². The van der Waals surface area contributed by atoms with Crippen molar-refractivity contribution >= 4 is 5.97 Å². The minimum atomic E-state index is -0.714. The first-order valence-electron chi connectivity index (χ1n) is 7.90. The topological polar surface area (TPSA) is 65.0 Å². The molecule has 0 saturated carbocycles. The van der Waals surface area contributed by atoms with Crippen LogP contribution < -0.4 is 0 Å². The van der Waals surface area contributed by atoms with Gasteiger partial charge in [0.15, 0.2) is 6.79 Å². The second kappa shape index (κ2) is 8.11. The van der Waals surface area contributed by atoms with Crippen LogP contribution in [0.4, 0.5) is 0 Å². The van der Waals surface area contributed by atoms with Gasteiger partial charge in [-0.25, -0.2) is 0 Å².